The van der Waals surface area contributed by atoms with Gasteiger partial charge in [-0.05, 0) is 39.5 Å². The van der Waals surface area contributed by atoms with Crippen LogP contribution in [0.3, 0.4) is 0 Å². The van der Waals surface area contributed by atoms with Crippen molar-refractivity contribution < 1.29 is 0 Å². The minimum Gasteiger partial charge on any atom is -0.355 e. The minimum atomic E-state index is 0.668. The van der Waals surface area contributed by atoms with Crippen molar-refractivity contribution in [2.24, 2.45) is 4.99 Å². The second kappa shape index (κ2) is 9.15. The van der Waals surface area contributed by atoms with Crippen molar-refractivity contribution in [2.75, 3.05) is 53.4 Å². The Morgan fingerprint density at radius 2 is 2.16 bits per heavy atom. The maximum absolute atomic E-state index is 4.28. The van der Waals surface area contributed by atoms with Gasteiger partial charge in [-0.1, -0.05) is 13.8 Å². The predicted octanol–water partition coefficient (Wildman–Crippen LogP) is 0.587. The SMILES string of the molecule is CCN(C)CCNC(=NC)NCC1CCCN1CC. The highest BCUT2D eigenvalue weighted by atomic mass is 15.2. The summed E-state index contributed by atoms with van der Waals surface area (Å²) < 4.78 is 0. The molecule has 1 aliphatic heterocycles. The summed E-state index contributed by atoms with van der Waals surface area (Å²) in [7, 11) is 3.97. The molecular formula is C14H31N5. The van der Waals surface area contributed by atoms with Crippen LogP contribution in [0.1, 0.15) is 26.7 Å². The Morgan fingerprint density at radius 1 is 1.37 bits per heavy atom. The summed E-state index contributed by atoms with van der Waals surface area (Å²) in [6, 6.07) is 0.668. The van der Waals surface area contributed by atoms with Gasteiger partial charge in [0.2, 0.25) is 0 Å². The Bertz CT molecular complexity index is 267. The number of guanidine groups is 1. The van der Waals surface area contributed by atoms with Gasteiger partial charge in [0.1, 0.15) is 0 Å². The lowest BCUT2D eigenvalue weighted by molar-refractivity contribution is 0.267. The van der Waals surface area contributed by atoms with E-state index >= 15 is 0 Å². The Kier molecular flexibility index (Phi) is 7.82. The van der Waals surface area contributed by atoms with E-state index in [1.54, 1.807) is 0 Å². The van der Waals surface area contributed by atoms with Crippen molar-refractivity contribution >= 4 is 5.96 Å². The molecule has 0 spiro atoms. The Morgan fingerprint density at radius 3 is 2.79 bits per heavy atom. The first-order valence-corrected chi connectivity index (χ1v) is 7.58. The van der Waals surface area contributed by atoms with Crippen LogP contribution in [0.2, 0.25) is 0 Å². The van der Waals surface area contributed by atoms with Gasteiger partial charge >= 0.3 is 0 Å². The average Bonchev–Trinajstić information content (AvgIpc) is 2.89. The summed E-state index contributed by atoms with van der Waals surface area (Å²) in [5.41, 5.74) is 0. The van der Waals surface area contributed by atoms with Crippen molar-refractivity contribution in [1.82, 2.24) is 20.4 Å². The van der Waals surface area contributed by atoms with E-state index in [-0.39, 0.29) is 0 Å². The predicted molar refractivity (Wildman–Crippen MR) is 82.8 cm³/mol. The van der Waals surface area contributed by atoms with E-state index in [4.69, 9.17) is 0 Å². The van der Waals surface area contributed by atoms with Crippen LogP contribution in [0.25, 0.3) is 0 Å². The van der Waals surface area contributed by atoms with E-state index in [0.29, 0.717) is 6.04 Å². The lowest BCUT2D eigenvalue weighted by atomic mass is 10.2. The topological polar surface area (TPSA) is 42.9 Å². The lowest BCUT2D eigenvalue weighted by Crippen LogP contribution is -2.46. The second-order valence-corrected chi connectivity index (χ2v) is 5.20. The maximum Gasteiger partial charge on any atom is 0.191 e. The van der Waals surface area contributed by atoms with Crippen LogP contribution in [0, 0.1) is 0 Å². The van der Waals surface area contributed by atoms with Crippen molar-refractivity contribution in [3.63, 3.8) is 0 Å². The molecule has 0 amide bonds. The molecule has 0 aromatic carbocycles. The number of nitrogens with one attached hydrogen (secondary N) is 2. The van der Waals surface area contributed by atoms with Gasteiger partial charge in [0.05, 0.1) is 0 Å². The maximum atomic E-state index is 4.28. The van der Waals surface area contributed by atoms with E-state index in [1.807, 2.05) is 7.05 Å². The van der Waals surface area contributed by atoms with Gasteiger partial charge in [0.25, 0.3) is 0 Å². The van der Waals surface area contributed by atoms with Gasteiger partial charge in [-0.3, -0.25) is 9.89 Å². The van der Waals surface area contributed by atoms with Gasteiger partial charge < -0.3 is 15.5 Å². The van der Waals surface area contributed by atoms with Crippen LogP contribution in [0.4, 0.5) is 0 Å². The zero-order valence-corrected chi connectivity index (χ0v) is 13.1. The normalized spacial score (nSPS) is 21.1. The van der Waals surface area contributed by atoms with Crippen LogP contribution >= 0.6 is 0 Å². The third-order valence-electron chi connectivity index (χ3n) is 3.96. The number of aliphatic imine (C=N–C) groups is 1. The zero-order chi connectivity index (χ0) is 14.1. The number of nitrogens with zero attached hydrogens (tertiary/aromatic N) is 3. The van der Waals surface area contributed by atoms with Crippen LogP contribution in [-0.2, 0) is 0 Å². The molecule has 1 heterocycles. The van der Waals surface area contributed by atoms with Crippen molar-refractivity contribution in [2.45, 2.75) is 32.7 Å². The molecule has 2 N–H and O–H groups in total. The van der Waals surface area contributed by atoms with Gasteiger partial charge in [-0.25, -0.2) is 0 Å². The molecule has 5 heteroatoms. The van der Waals surface area contributed by atoms with E-state index in [9.17, 15) is 0 Å². The monoisotopic (exact) mass is 269 g/mol. The first-order valence-electron chi connectivity index (χ1n) is 7.58. The third-order valence-corrected chi connectivity index (χ3v) is 3.96. The number of hydrogen-bond donors (Lipinski definition) is 2. The highest BCUT2D eigenvalue weighted by Crippen LogP contribution is 2.15. The van der Waals surface area contributed by atoms with Crippen molar-refractivity contribution in [1.29, 1.82) is 0 Å². The molecule has 1 aliphatic rings. The fourth-order valence-corrected chi connectivity index (χ4v) is 2.50. The smallest absolute Gasteiger partial charge is 0.191 e. The number of likely N-dealkylation sites (tertiary alicyclic amines) is 1. The highest BCUT2D eigenvalue weighted by Gasteiger charge is 2.22. The van der Waals surface area contributed by atoms with Crippen LogP contribution in [0.15, 0.2) is 4.99 Å². The lowest BCUT2D eigenvalue weighted by Gasteiger charge is -2.24. The van der Waals surface area contributed by atoms with Gasteiger partial charge in [0.15, 0.2) is 5.96 Å². The number of hydrogen-bond acceptors (Lipinski definition) is 3. The molecule has 1 unspecified atom stereocenters. The highest BCUT2D eigenvalue weighted by molar-refractivity contribution is 5.79. The fraction of sp³-hybridized carbons (Fsp3) is 0.929. The van der Waals surface area contributed by atoms with Crippen molar-refractivity contribution in [3.8, 4) is 0 Å². The molecule has 0 aromatic rings. The molecule has 1 atom stereocenters. The number of likely N-dealkylation sites (N-methyl/N-ethyl adjacent to an activating group) is 2. The summed E-state index contributed by atoms with van der Waals surface area (Å²) in [5, 5.41) is 6.82. The Balaban J connectivity index is 2.21. The summed E-state index contributed by atoms with van der Waals surface area (Å²) in [4.78, 5) is 9.11. The second-order valence-electron chi connectivity index (χ2n) is 5.20. The molecule has 1 rings (SSSR count). The van der Waals surface area contributed by atoms with Crippen molar-refractivity contribution in [3.05, 3.63) is 0 Å². The van der Waals surface area contributed by atoms with Crippen LogP contribution in [-0.4, -0.2) is 75.2 Å². The van der Waals surface area contributed by atoms with Gasteiger partial charge in [-0.15, -0.1) is 0 Å². The minimum absolute atomic E-state index is 0.668. The van der Waals surface area contributed by atoms with Crippen LogP contribution < -0.4 is 10.6 Å². The molecular weight excluding hydrogens is 238 g/mol. The molecule has 1 saturated heterocycles. The molecule has 0 radical (unpaired) electrons. The number of rotatable bonds is 7. The summed E-state index contributed by atoms with van der Waals surface area (Å²) in [6.45, 7) is 10.9. The van der Waals surface area contributed by atoms with E-state index in [2.05, 4.69) is 46.3 Å². The molecule has 112 valence electrons. The molecule has 0 bridgehead atoms. The molecule has 1 fully saturated rings. The summed E-state index contributed by atoms with van der Waals surface area (Å²) >= 11 is 0. The van der Waals surface area contributed by atoms with E-state index in [1.165, 1.54) is 19.4 Å². The van der Waals surface area contributed by atoms with E-state index in [0.717, 1.165) is 38.7 Å². The van der Waals surface area contributed by atoms with E-state index < -0.39 is 0 Å². The average molecular weight is 269 g/mol. The van der Waals surface area contributed by atoms with Gasteiger partial charge in [0, 0.05) is 32.7 Å². The largest absolute Gasteiger partial charge is 0.355 e. The molecule has 0 aliphatic carbocycles. The fourth-order valence-electron chi connectivity index (χ4n) is 2.50. The van der Waals surface area contributed by atoms with Gasteiger partial charge in [-0.2, -0.15) is 0 Å². The summed E-state index contributed by atoms with van der Waals surface area (Å²) in [6.07, 6.45) is 2.63. The quantitative estimate of drug-likeness (QED) is 0.524. The van der Waals surface area contributed by atoms with Crippen LogP contribution in [0.5, 0.6) is 0 Å². The first-order chi connectivity index (χ1) is 9.21. The summed E-state index contributed by atoms with van der Waals surface area (Å²) in [5.74, 6) is 0.924. The molecule has 0 aromatic heterocycles. The molecule has 5 nitrogen and oxygen atoms in total. The molecule has 0 saturated carbocycles. The Hall–Kier alpha value is -0.810. The standard InChI is InChI=1S/C14H31N5/c1-5-18(4)11-9-16-14(15-3)17-12-13-8-7-10-19(13)6-2/h13H,5-12H2,1-4H3,(H2,15,16,17). The molecule has 19 heavy (non-hydrogen) atoms. The zero-order valence-electron chi connectivity index (χ0n) is 13.1. The Labute approximate surface area is 118 Å². The first kappa shape index (κ1) is 16.2. The third kappa shape index (κ3) is 5.78.